The van der Waals surface area contributed by atoms with Crippen LogP contribution in [0.5, 0.6) is 0 Å². The molecule has 6 nitrogen and oxygen atoms in total. The molecule has 1 aliphatic carbocycles. The predicted octanol–water partition coefficient (Wildman–Crippen LogP) is 1.06. The first-order valence-electron chi connectivity index (χ1n) is 7.50. The number of carbonyl (C=O) groups is 3. The maximum absolute atomic E-state index is 12.4. The topological polar surface area (TPSA) is 70.8 Å². The van der Waals surface area contributed by atoms with Crippen LogP contribution in [-0.2, 0) is 9.59 Å². The number of amides is 3. The summed E-state index contributed by atoms with van der Waals surface area (Å²) in [7, 11) is 0. The Morgan fingerprint density at radius 1 is 1.09 bits per heavy atom. The molecule has 2 saturated heterocycles. The number of rotatable bonds is 2. The van der Waals surface area contributed by atoms with Gasteiger partial charge in [0.1, 0.15) is 6.26 Å². The molecule has 2 fully saturated rings. The molecule has 0 radical (unpaired) electrons. The lowest BCUT2D eigenvalue weighted by Crippen LogP contribution is -2.62. The Bertz CT molecular complexity index is 632. The van der Waals surface area contributed by atoms with Crippen molar-refractivity contribution in [3.63, 3.8) is 0 Å². The maximum Gasteiger partial charge on any atom is 0.257 e. The first-order chi connectivity index (χ1) is 10.7. The highest BCUT2D eigenvalue weighted by atomic mass is 16.3. The van der Waals surface area contributed by atoms with E-state index in [2.05, 4.69) is 0 Å². The van der Waals surface area contributed by atoms with Crippen molar-refractivity contribution in [2.75, 3.05) is 13.1 Å². The molecule has 0 N–H and O–H groups in total. The summed E-state index contributed by atoms with van der Waals surface area (Å²) in [6, 6.07) is 1.43. The van der Waals surface area contributed by atoms with Crippen LogP contribution in [0.4, 0.5) is 0 Å². The van der Waals surface area contributed by atoms with E-state index in [-0.39, 0.29) is 35.6 Å². The third-order valence-electron chi connectivity index (χ3n) is 4.82. The van der Waals surface area contributed by atoms with Gasteiger partial charge in [-0.05, 0) is 18.9 Å². The van der Waals surface area contributed by atoms with Crippen LogP contribution in [0.2, 0.25) is 0 Å². The quantitative estimate of drug-likeness (QED) is 0.605. The van der Waals surface area contributed by atoms with Crippen LogP contribution in [0.1, 0.15) is 23.2 Å². The number of carbonyl (C=O) groups excluding carboxylic acids is 3. The van der Waals surface area contributed by atoms with E-state index in [1.165, 1.54) is 17.4 Å². The number of furan rings is 1. The molecular formula is C16H16N2O4. The van der Waals surface area contributed by atoms with Gasteiger partial charge in [-0.25, -0.2) is 0 Å². The fraction of sp³-hybridized carbons (Fsp3) is 0.438. The minimum Gasteiger partial charge on any atom is -0.472 e. The number of fused-ring (bicyclic) bond motifs is 1. The Labute approximate surface area is 127 Å². The number of imide groups is 1. The van der Waals surface area contributed by atoms with Crippen molar-refractivity contribution in [3.8, 4) is 0 Å². The van der Waals surface area contributed by atoms with Gasteiger partial charge in [0.2, 0.25) is 11.8 Å². The SMILES string of the molecule is O=C(c1ccoc1)N1CC(N2C(=O)[C@@H]3CC=CC[C@H]3C2=O)C1. The van der Waals surface area contributed by atoms with Crippen LogP contribution in [0.3, 0.4) is 0 Å². The Morgan fingerprint density at radius 2 is 1.73 bits per heavy atom. The molecule has 3 heterocycles. The summed E-state index contributed by atoms with van der Waals surface area (Å²) in [5, 5.41) is 0. The van der Waals surface area contributed by atoms with Crippen molar-refractivity contribution in [2.45, 2.75) is 18.9 Å². The molecule has 1 aromatic rings. The van der Waals surface area contributed by atoms with Crippen LogP contribution in [0, 0.1) is 11.8 Å². The Hall–Kier alpha value is -2.37. The Morgan fingerprint density at radius 3 is 2.27 bits per heavy atom. The monoisotopic (exact) mass is 300 g/mol. The highest BCUT2D eigenvalue weighted by Gasteiger charge is 2.52. The average molecular weight is 300 g/mol. The number of allylic oxidation sites excluding steroid dienone is 2. The maximum atomic E-state index is 12.4. The third-order valence-corrected chi connectivity index (χ3v) is 4.82. The number of hydrogen-bond acceptors (Lipinski definition) is 4. The van der Waals surface area contributed by atoms with Crippen molar-refractivity contribution in [3.05, 3.63) is 36.3 Å². The fourth-order valence-electron chi connectivity index (χ4n) is 3.54. The predicted molar refractivity (Wildman–Crippen MR) is 75.6 cm³/mol. The van der Waals surface area contributed by atoms with Crippen LogP contribution >= 0.6 is 0 Å². The molecule has 4 rings (SSSR count). The average Bonchev–Trinajstić information content (AvgIpc) is 3.09. The van der Waals surface area contributed by atoms with Crippen molar-refractivity contribution in [1.29, 1.82) is 0 Å². The fourth-order valence-corrected chi connectivity index (χ4v) is 3.54. The van der Waals surface area contributed by atoms with E-state index in [9.17, 15) is 14.4 Å². The number of nitrogens with zero attached hydrogens (tertiary/aromatic N) is 2. The second-order valence-electron chi connectivity index (χ2n) is 6.08. The molecule has 22 heavy (non-hydrogen) atoms. The first-order valence-corrected chi connectivity index (χ1v) is 7.50. The Balaban J connectivity index is 1.44. The zero-order valence-corrected chi connectivity index (χ0v) is 12.0. The molecule has 0 unspecified atom stereocenters. The highest BCUT2D eigenvalue weighted by molar-refractivity contribution is 6.06. The van der Waals surface area contributed by atoms with Crippen LogP contribution in [0.25, 0.3) is 0 Å². The van der Waals surface area contributed by atoms with E-state index in [0.29, 0.717) is 31.5 Å². The van der Waals surface area contributed by atoms with Gasteiger partial charge in [-0.3, -0.25) is 19.3 Å². The van der Waals surface area contributed by atoms with Gasteiger partial charge >= 0.3 is 0 Å². The van der Waals surface area contributed by atoms with Gasteiger partial charge in [-0.15, -0.1) is 0 Å². The molecule has 0 spiro atoms. The van der Waals surface area contributed by atoms with Crippen LogP contribution in [0.15, 0.2) is 35.2 Å². The van der Waals surface area contributed by atoms with Gasteiger partial charge in [-0.2, -0.15) is 0 Å². The molecule has 0 saturated carbocycles. The van der Waals surface area contributed by atoms with Crippen molar-refractivity contribution in [1.82, 2.24) is 9.80 Å². The summed E-state index contributed by atoms with van der Waals surface area (Å²) < 4.78 is 4.91. The summed E-state index contributed by atoms with van der Waals surface area (Å²) >= 11 is 0. The molecule has 1 aromatic heterocycles. The van der Waals surface area contributed by atoms with E-state index in [4.69, 9.17) is 4.42 Å². The highest BCUT2D eigenvalue weighted by Crippen LogP contribution is 2.37. The van der Waals surface area contributed by atoms with Gasteiger partial charge in [0, 0.05) is 13.1 Å². The zero-order chi connectivity index (χ0) is 15.3. The molecule has 114 valence electrons. The lowest BCUT2D eigenvalue weighted by Gasteiger charge is -2.43. The number of hydrogen-bond donors (Lipinski definition) is 0. The van der Waals surface area contributed by atoms with Crippen molar-refractivity contribution in [2.24, 2.45) is 11.8 Å². The van der Waals surface area contributed by atoms with Gasteiger partial charge in [0.15, 0.2) is 0 Å². The summed E-state index contributed by atoms with van der Waals surface area (Å²) in [4.78, 5) is 40.1. The normalized spacial score (nSPS) is 28.0. The molecule has 0 bridgehead atoms. The molecule has 2 aliphatic heterocycles. The van der Waals surface area contributed by atoms with Gasteiger partial charge < -0.3 is 9.32 Å². The molecule has 0 aromatic carbocycles. The Kier molecular flexibility index (Phi) is 2.92. The van der Waals surface area contributed by atoms with Gasteiger partial charge in [-0.1, -0.05) is 12.2 Å². The first kappa shape index (κ1) is 13.3. The van der Waals surface area contributed by atoms with Crippen molar-refractivity contribution < 1.29 is 18.8 Å². The second-order valence-corrected chi connectivity index (χ2v) is 6.08. The van der Waals surface area contributed by atoms with E-state index in [1.54, 1.807) is 11.0 Å². The van der Waals surface area contributed by atoms with Crippen LogP contribution < -0.4 is 0 Å². The molecular weight excluding hydrogens is 284 g/mol. The van der Waals surface area contributed by atoms with Gasteiger partial charge in [0.05, 0.1) is 29.7 Å². The molecule has 3 amide bonds. The minimum absolute atomic E-state index is 0.0697. The molecule has 6 heteroatoms. The zero-order valence-electron chi connectivity index (χ0n) is 12.0. The van der Waals surface area contributed by atoms with E-state index >= 15 is 0 Å². The largest absolute Gasteiger partial charge is 0.472 e. The summed E-state index contributed by atoms with van der Waals surface area (Å²) in [5.41, 5.74) is 0.496. The molecule has 3 aliphatic rings. The smallest absolute Gasteiger partial charge is 0.257 e. The summed E-state index contributed by atoms with van der Waals surface area (Å²) in [6.45, 7) is 0.822. The number of likely N-dealkylation sites (tertiary alicyclic amines) is 2. The van der Waals surface area contributed by atoms with Crippen LogP contribution in [-0.4, -0.2) is 46.7 Å². The van der Waals surface area contributed by atoms with E-state index in [0.717, 1.165) is 0 Å². The summed E-state index contributed by atoms with van der Waals surface area (Å²) in [6.07, 6.45) is 8.11. The summed E-state index contributed by atoms with van der Waals surface area (Å²) in [5.74, 6) is -0.657. The lowest BCUT2D eigenvalue weighted by molar-refractivity contribution is -0.145. The van der Waals surface area contributed by atoms with Crippen molar-refractivity contribution >= 4 is 17.7 Å². The van der Waals surface area contributed by atoms with Gasteiger partial charge in [0.25, 0.3) is 5.91 Å². The lowest BCUT2D eigenvalue weighted by atomic mass is 9.85. The standard InChI is InChI=1S/C16H16N2O4/c19-14(10-5-6-22-9-10)17-7-11(8-17)18-15(20)12-3-1-2-4-13(12)16(18)21/h1-2,5-6,9,11-13H,3-4,7-8H2/t12-,13-/m1/s1. The van der Waals surface area contributed by atoms with E-state index < -0.39 is 0 Å². The molecule has 2 atom stereocenters. The van der Waals surface area contributed by atoms with E-state index in [1.807, 2.05) is 12.2 Å². The minimum atomic E-state index is -0.198. The second kappa shape index (κ2) is 4.83. The third kappa shape index (κ3) is 1.83.